The van der Waals surface area contributed by atoms with Crippen molar-refractivity contribution in [3.05, 3.63) is 59.1 Å². The molecular weight excluding hydrogens is 226 g/mol. The van der Waals surface area contributed by atoms with Crippen LogP contribution in [-0.4, -0.2) is 4.98 Å². The van der Waals surface area contributed by atoms with Crippen LogP contribution in [-0.2, 0) is 0 Å². The van der Waals surface area contributed by atoms with E-state index in [0.29, 0.717) is 0 Å². The van der Waals surface area contributed by atoms with E-state index in [1.165, 1.54) is 12.1 Å². The third-order valence-electron chi connectivity index (χ3n) is 2.16. The van der Waals surface area contributed by atoms with Crippen molar-refractivity contribution in [2.75, 3.05) is 0 Å². The number of diazo groups is 1. The molecule has 2 N–H and O–H groups in total. The van der Waals surface area contributed by atoms with Gasteiger partial charge in [0.2, 0.25) is 0 Å². The van der Waals surface area contributed by atoms with Gasteiger partial charge >= 0.3 is 5.08 Å². The van der Waals surface area contributed by atoms with E-state index in [0.717, 1.165) is 0 Å². The number of hydrogen-bond donors (Lipinski definition) is 2. The third kappa shape index (κ3) is 1.53. The molecule has 0 saturated carbocycles. The highest BCUT2D eigenvalue weighted by atomic mass is 16.2. The van der Waals surface area contributed by atoms with Crippen LogP contribution in [0.2, 0.25) is 0 Å². The lowest BCUT2D eigenvalue weighted by molar-refractivity contribution is 0.933. The molecule has 9 heteroatoms. The van der Waals surface area contributed by atoms with Gasteiger partial charge < -0.3 is 0 Å². The molecule has 0 saturated heterocycles. The number of nitrogens with zero attached hydrogens (tertiary/aromatic N) is 5. The van der Waals surface area contributed by atoms with Crippen molar-refractivity contribution in [1.82, 2.24) is 4.98 Å². The second kappa shape index (κ2) is 3.86. The molecule has 82 valence electrons. The summed E-state index contributed by atoms with van der Waals surface area (Å²) < 4.78 is 0. The maximum absolute atomic E-state index is 11.5. The Labute approximate surface area is 91.2 Å². The third-order valence-corrected chi connectivity index (χ3v) is 2.16. The number of aromatic nitrogens is 1. The van der Waals surface area contributed by atoms with Gasteiger partial charge in [-0.3, -0.25) is 14.6 Å². The van der Waals surface area contributed by atoms with E-state index in [1.54, 1.807) is 0 Å². The Balaban J connectivity index is 3.32. The molecule has 0 radical (unpaired) electrons. The predicted molar refractivity (Wildman–Crippen MR) is 52.4 cm³/mol. The largest absolute Gasteiger partial charge is 0.339 e. The Hall–Kier alpha value is -3.02. The summed E-state index contributed by atoms with van der Waals surface area (Å²) in [5.74, 6) is 0. The Morgan fingerprint density at radius 2 is 2.06 bits per heavy atom. The Morgan fingerprint density at radius 1 is 1.29 bits per heavy atom. The molecule has 0 bridgehead atoms. The summed E-state index contributed by atoms with van der Waals surface area (Å²) in [6.07, 6.45) is 0. The number of aromatic amines is 1. The lowest BCUT2D eigenvalue weighted by atomic mass is 10.2. The van der Waals surface area contributed by atoms with Crippen molar-refractivity contribution >= 4 is 0 Å². The van der Waals surface area contributed by atoms with Crippen LogP contribution in [0.15, 0.2) is 37.1 Å². The fourth-order valence-corrected chi connectivity index (χ4v) is 1.51. The van der Waals surface area contributed by atoms with E-state index in [9.17, 15) is 9.59 Å². The number of hydrogen-bond acceptors (Lipinski definition) is 6. The van der Waals surface area contributed by atoms with E-state index in [2.05, 4.69) is 25.5 Å². The molecule has 0 aromatic carbocycles. The zero-order chi connectivity index (χ0) is 12.4. The van der Waals surface area contributed by atoms with E-state index in [-0.39, 0.29) is 21.2 Å². The van der Waals surface area contributed by atoms with Gasteiger partial charge in [0.1, 0.15) is 5.36 Å². The lowest BCUT2D eigenvalue weighted by Gasteiger charge is -1.81. The molecule has 1 heterocycles. The molecule has 0 spiro atoms. The van der Waals surface area contributed by atoms with Crippen molar-refractivity contribution in [2.45, 2.75) is 0 Å². The summed E-state index contributed by atoms with van der Waals surface area (Å²) in [5, 5.41) is 20.5. The van der Waals surface area contributed by atoms with Gasteiger partial charge in [-0.05, 0) is 12.1 Å². The molecular formula is C8H4N7O2+. The van der Waals surface area contributed by atoms with Gasteiger partial charge in [0, 0.05) is 0 Å². The minimum Gasteiger partial charge on any atom is -0.288 e. The highest BCUT2D eigenvalue weighted by Gasteiger charge is 2.08. The van der Waals surface area contributed by atoms with Crippen LogP contribution in [0.5, 0.6) is 0 Å². The van der Waals surface area contributed by atoms with Crippen LogP contribution in [0.3, 0.4) is 0 Å². The average molecular weight is 230 g/mol. The van der Waals surface area contributed by atoms with E-state index >= 15 is 0 Å². The highest BCUT2D eigenvalue weighted by molar-refractivity contribution is 5.12. The molecule has 1 aliphatic heterocycles. The maximum atomic E-state index is 11.5. The van der Waals surface area contributed by atoms with Crippen LogP contribution in [0, 0.1) is 21.4 Å². The number of rotatable bonds is 1. The molecule has 0 amide bonds. The summed E-state index contributed by atoms with van der Waals surface area (Å²) in [6, 6.07) is 2.70. The first-order chi connectivity index (χ1) is 8.19. The summed E-state index contributed by atoms with van der Waals surface area (Å²) in [5.41, 5.74) is 5.39. The van der Waals surface area contributed by atoms with Crippen LogP contribution in [0.4, 0.5) is 0 Å². The van der Waals surface area contributed by atoms with Crippen LogP contribution in [0.25, 0.3) is 5.08 Å². The van der Waals surface area contributed by atoms with Crippen molar-refractivity contribution < 1.29 is 0 Å². The zero-order valence-electron chi connectivity index (χ0n) is 8.21. The topological polar surface area (TPSA) is 139 Å². The predicted octanol–water partition coefficient (Wildman–Crippen LogP) is -1.15. The average Bonchev–Trinajstić information content (AvgIpc) is 2.58. The zero-order valence-corrected chi connectivity index (χ0v) is 8.21. The summed E-state index contributed by atoms with van der Waals surface area (Å²) >= 11 is 0. The van der Waals surface area contributed by atoms with Gasteiger partial charge in [0.05, 0.1) is 10.4 Å². The quantitative estimate of drug-likeness (QED) is 0.363. The monoisotopic (exact) mass is 230 g/mol. The second-order valence-corrected chi connectivity index (χ2v) is 3.03. The van der Waals surface area contributed by atoms with Crippen LogP contribution in [0.1, 0.15) is 0 Å². The van der Waals surface area contributed by atoms with Crippen molar-refractivity contribution in [3.63, 3.8) is 0 Å². The fourth-order valence-electron chi connectivity index (χ4n) is 1.51. The smallest absolute Gasteiger partial charge is 0.288 e. The standard InChI is InChI=1S/C8H3N7O2/c9-14-12-4-2-1-3-5(6(4)13-15-10)8(17)11-7(3)16/h1-2,9H/p+1. The first kappa shape index (κ1) is 10.5. The molecule has 17 heavy (non-hydrogen) atoms. The van der Waals surface area contributed by atoms with Gasteiger partial charge in [-0.1, -0.05) is 5.22 Å². The summed E-state index contributed by atoms with van der Waals surface area (Å²) in [4.78, 5) is 24.9. The minimum atomic E-state index is -0.658. The van der Waals surface area contributed by atoms with E-state index in [1.807, 2.05) is 0 Å². The first-order valence-corrected chi connectivity index (χ1v) is 4.34. The molecule has 0 aromatic rings. The van der Waals surface area contributed by atoms with Gasteiger partial charge in [-0.25, -0.2) is 0 Å². The molecule has 0 fully saturated rings. The van der Waals surface area contributed by atoms with Gasteiger partial charge in [-0.15, -0.1) is 5.10 Å². The molecule has 0 atom stereocenters. The molecule has 0 aromatic heterocycles. The summed E-state index contributed by atoms with van der Waals surface area (Å²) in [6.45, 7) is 0. The SMILES string of the molecule is N#[N+]N=c1c(=NN=N)ccc2c(=O)[nH]c(=O)c1=2. The fraction of sp³-hybridized carbons (Fsp3) is 0. The van der Waals surface area contributed by atoms with Gasteiger partial charge in [0.25, 0.3) is 16.5 Å². The molecule has 1 aliphatic carbocycles. The first-order valence-electron chi connectivity index (χ1n) is 4.34. The number of H-pyrrole nitrogens is 1. The van der Waals surface area contributed by atoms with Crippen molar-refractivity contribution in [1.29, 1.82) is 10.9 Å². The van der Waals surface area contributed by atoms with E-state index < -0.39 is 11.1 Å². The highest BCUT2D eigenvalue weighted by Crippen LogP contribution is 1.80. The molecule has 0 unspecified atom stereocenters. The van der Waals surface area contributed by atoms with Crippen molar-refractivity contribution in [3.8, 4) is 0 Å². The molecule has 2 rings (SSSR count). The van der Waals surface area contributed by atoms with Crippen LogP contribution >= 0.6 is 0 Å². The van der Waals surface area contributed by atoms with E-state index in [4.69, 9.17) is 10.9 Å². The maximum Gasteiger partial charge on any atom is 0.339 e. The normalized spacial score (nSPS) is 12.9. The van der Waals surface area contributed by atoms with Gasteiger partial charge in [-0.2, -0.15) is 5.53 Å². The number of nitrogens with one attached hydrogen (secondary N) is 2. The minimum absolute atomic E-state index is 0.0438. The Kier molecular flexibility index (Phi) is 2.38. The molecule has 2 aliphatic rings. The Bertz CT molecular complexity index is 907. The second-order valence-electron chi connectivity index (χ2n) is 3.03. The van der Waals surface area contributed by atoms with Gasteiger partial charge in [0.15, 0.2) is 10.5 Å². The Morgan fingerprint density at radius 3 is 2.71 bits per heavy atom. The van der Waals surface area contributed by atoms with Crippen molar-refractivity contribution in [2.24, 2.45) is 15.4 Å². The molecule has 9 nitrogen and oxygen atoms in total. The summed E-state index contributed by atoms with van der Waals surface area (Å²) in [7, 11) is 0. The lowest BCUT2D eigenvalue weighted by Crippen LogP contribution is -2.29. The van der Waals surface area contributed by atoms with Crippen LogP contribution < -0.4 is 21.8 Å².